The van der Waals surface area contributed by atoms with Gasteiger partial charge in [-0.15, -0.1) is 11.3 Å². The molecule has 1 amide bonds. The molecule has 1 aliphatic rings. The summed E-state index contributed by atoms with van der Waals surface area (Å²) in [6.07, 6.45) is 4.83. The summed E-state index contributed by atoms with van der Waals surface area (Å²) in [4.78, 5) is 24.6. The van der Waals surface area contributed by atoms with Gasteiger partial charge in [-0.2, -0.15) is 0 Å². The van der Waals surface area contributed by atoms with E-state index in [1.54, 1.807) is 11.4 Å². The van der Waals surface area contributed by atoms with E-state index in [1.165, 1.54) is 18.4 Å². The summed E-state index contributed by atoms with van der Waals surface area (Å²) < 4.78 is 4.71. The van der Waals surface area contributed by atoms with Gasteiger partial charge in [0, 0.05) is 6.54 Å². The molecule has 5 nitrogen and oxygen atoms in total. The van der Waals surface area contributed by atoms with Crippen molar-refractivity contribution < 1.29 is 14.3 Å². The van der Waals surface area contributed by atoms with Crippen LogP contribution in [0.4, 0.5) is 5.69 Å². The lowest BCUT2D eigenvalue weighted by atomic mass is 9.73. The molecule has 1 saturated carbocycles. The highest BCUT2D eigenvalue weighted by atomic mass is 32.1. The van der Waals surface area contributed by atoms with E-state index in [4.69, 9.17) is 10.5 Å². The molecule has 1 aromatic heterocycles. The third-order valence-corrected chi connectivity index (χ3v) is 4.86. The van der Waals surface area contributed by atoms with Crippen LogP contribution in [0.15, 0.2) is 11.4 Å². The topological polar surface area (TPSA) is 81.4 Å². The molecule has 1 fully saturated rings. The highest BCUT2D eigenvalue weighted by Crippen LogP contribution is 2.37. The number of ether oxygens (including phenoxy) is 1. The lowest BCUT2D eigenvalue weighted by molar-refractivity contribution is -0.126. The zero-order chi connectivity index (χ0) is 14.6. The van der Waals surface area contributed by atoms with Gasteiger partial charge in [0.1, 0.15) is 4.88 Å². The van der Waals surface area contributed by atoms with Gasteiger partial charge in [0.25, 0.3) is 0 Å². The second-order valence-corrected chi connectivity index (χ2v) is 6.07. The normalized spacial score (nSPS) is 17.5. The molecule has 0 bridgehead atoms. The number of esters is 1. The number of hydrogen-bond donors (Lipinski definition) is 2. The maximum Gasteiger partial charge on any atom is 0.350 e. The van der Waals surface area contributed by atoms with Gasteiger partial charge in [-0.1, -0.05) is 19.3 Å². The van der Waals surface area contributed by atoms with E-state index in [9.17, 15) is 9.59 Å². The van der Waals surface area contributed by atoms with Crippen LogP contribution in [0.3, 0.4) is 0 Å². The summed E-state index contributed by atoms with van der Waals surface area (Å²) >= 11 is 1.26. The van der Waals surface area contributed by atoms with E-state index in [1.807, 2.05) is 0 Å². The Morgan fingerprint density at radius 2 is 2.10 bits per heavy atom. The molecule has 3 N–H and O–H groups in total. The van der Waals surface area contributed by atoms with Crippen LogP contribution < -0.4 is 11.1 Å². The van der Waals surface area contributed by atoms with Crippen molar-refractivity contribution in [3.63, 3.8) is 0 Å². The number of methoxy groups -OCH3 is 1. The minimum absolute atomic E-state index is 0.0803. The predicted octanol–water partition coefficient (Wildman–Crippen LogP) is 2.38. The zero-order valence-electron chi connectivity index (χ0n) is 11.6. The number of rotatable bonds is 4. The molecular formula is C14H20N2O3S. The van der Waals surface area contributed by atoms with Crippen LogP contribution in [0.1, 0.15) is 41.8 Å². The largest absolute Gasteiger partial charge is 0.465 e. The molecule has 0 saturated heterocycles. The summed E-state index contributed by atoms with van der Waals surface area (Å²) in [5.74, 6) is -0.510. The first-order valence-electron chi connectivity index (χ1n) is 6.80. The first-order valence-corrected chi connectivity index (χ1v) is 7.68. The Bertz CT molecular complexity index is 492. The highest BCUT2D eigenvalue weighted by Gasteiger charge is 2.38. The summed E-state index contributed by atoms with van der Waals surface area (Å²) in [5.41, 5.74) is 5.87. The van der Waals surface area contributed by atoms with Crippen molar-refractivity contribution in [3.05, 3.63) is 16.3 Å². The number of anilines is 1. The first kappa shape index (κ1) is 15.0. The van der Waals surface area contributed by atoms with Gasteiger partial charge in [-0.05, 0) is 24.3 Å². The smallest absolute Gasteiger partial charge is 0.350 e. The number of hydrogen-bond acceptors (Lipinski definition) is 5. The lowest BCUT2D eigenvalue weighted by Crippen LogP contribution is -2.44. The second-order valence-electron chi connectivity index (χ2n) is 5.15. The molecule has 110 valence electrons. The zero-order valence-corrected chi connectivity index (χ0v) is 12.4. The third-order valence-electron chi connectivity index (χ3n) is 3.97. The van der Waals surface area contributed by atoms with Crippen molar-refractivity contribution in [2.75, 3.05) is 19.0 Å². The number of thiophene rings is 1. The quantitative estimate of drug-likeness (QED) is 0.836. The maximum absolute atomic E-state index is 12.5. The summed E-state index contributed by atoms with van der Waals surface area (Å²) in [7, 11) is 1.33. The lowest BCUT2D eigenvalue weighted by Gasteiger charge is -2.34. The highest BCUT2D eigenvalue weighted by molar-refractivity contribution is 7.12. The van der Waals surface area contributed by atoms with Crippen LogP contribution >= 0.6 is 11.3 Å². The molecule has 6 heteroatoms. The molecular weight excluding hydrogens is 276 g/mol. The Morgan fingerprint density at radius 3 is 2.70 bits per heavy atom. The van der Waals surface area contributed by atoms with Gasteiger partial charge in [0.05, 0.1) is 18.2 Å². The SMILES string of the molecule is COC(=O)c1sccc1NC(=O)C1(CN)CCCCC1. The summed E-state index contributed by atoms with van der Waals surface area (Å²) in [6, 6.07) is 1.72. The number of carbonyl (C=O) groups excluding carboxylic acids is 2. The molecule has 1 aliphatic carbocycles. The fraction of sp³-hybridized carbons (Fsp3) is 0.571. The Hall–Kier alpha value is -1.40. The van der Waals surface area contributed by atoms with Gasteiger partial charge < -0.3 is 15.8 Å². The number of nitrogens with one attached hydrogen (secondary N) is 1. The molecule has 1 heterocycles. The number of carbonyl (C=O) groups is 2. The number of nitrogens with two attached hydrogens (primary N) is 1. The maximum atomic E-state index is 12.5. The Kier molecular flexibility index (Phi) is 4.77. The minimum Gasteiger partial charge on any atom is -0.465 e. The molecule has 2 rings (SSSR count). The fourth-order valence-electron chi connectivity index (χ4n) is 2.67. The number of amides is 1. The molecule has 0 radical (unpaired) electrons. The summed E-state index contributed by atoms with van der Waals surface area (Å²) in [5, 5.41) is 4.62. The van der Waals surface area contributed by atoms with Gasteiger partial charge in [-0.3, -0.25) is 4.79 Å². The average Bonchev–Trinajstić information content (AvgIpc) is 2.95. The van der Waals surface area contributed by atoms with E-state index < -0.39 is 11.4 Å². The van der Waals surface area contributed by atoms with Crippen LogP contribution in [0, 0.1) is 5.41 Å². The van der Waals surface area contributed by atoms with E-state index in [2.05, 4.69) is 5.32 Å². The molecule has 0 unspecified atom stereocenters. The van der Waals surface area contributed by atoms with Gasteiger partial charge in [0.2, 0.25) is 5.91 Å². The van der Waals surface area contributed by atoms with Gasteiger partial charge in [-0.25, -0.2) is 4.79 Å². The molecule has 0 aliphatic heterocycles. The van der Waals surface area contributed by atoms with Crippen molar-refractivity contribution in [2.24, 2.45) is 11.1 Å². The summed E-state index contributed by atoms with van der Waals surface area (Å²) in [6.45, 7) is 0.344. The molecule has 0 spiro atoms. The fourth-order valence-corrected chi connectivity index (χ4v) is 3.43. The van der Waals surface area contributed by atoms with Gasteiger partial charge in [0.15, 0.2) is 0 Å². The average molecular weight is 296 g/mol. The molecule has 0 aromatic carbocycles. The Balaban J connectivity index is 2.15. The van der Waals surface area contributed by atoms with E-state index in [0.29, 0.717) is 17.1 Å². The predicted molar refractivity (Wildman–Crippen MR) is 78.9 cm³/mol. The third kappa shape index (κ3) is 2.86. The molecule has 0 atom stereocenters. The Labute approximate surface area is 122 Å². The van der Waals surface area contributed by atoms with Crippen LogP contribution in [-0.2, 0) is 9.53 Å². The Morgan fingerprint density at radius 1 is 1.40 bits per heavy atom. The van der Waals surface area contributed by atoms with Crippen molar-refractivity contribution in [3.8, 4) is 0 Å². The van der Waals surface area contributed by atoms with Crippen molar-refractivity contribution >= 4 is 28.9 Å². The monoisotopic (exact) mass is 296 g/mol. The van der Waals surface area contributed by atoms with E-state index in [0.717, 1.165) is 32.1 Å². The first-order chi connectivity index (χ1) is 9.63. The van der Waals surface area contributed by atoms with Crippen LogP contribution in [0.5, 0.6) is 0 Å². The van der Waals surface area contributed by atoms with Crippen LogP contribution in [-0.4, -0.2) is 25.5 Å². The second kappa shape index (κ2) is 6.37. The standard InChI is InChI=1S/C14H20N2O3S/c1-19-12(17)11-10(5-8-20-11)16-13(18)14(9-15)6-3-2-4-7-14/h5,8H,2-4,6-7,9,15H2,1H3,(H,16,18). The molecule has 1 aromatic rings. The van der Waals surface area contributed by atoms with Crippen LogP contribution in [0.2, 0.25) is 0 Å². The molecule has 20 heavy (non-hydrogen) atoms. The van der Waals surface area contributed by atoms with Crippen LogP contribution in [0.25, 0.3) is 0 Å². The van der Waals surface area contributed by atoms with Crippen molar-refractivity contribution in [2.45, 2.75) is 32.1 Å². The van der Waals surface area contributed by atoms with Crippen molar-refractivity contribution in [1.82, 2.24) is 0 Å². The minimum atomic E-state index is -0.492. The van der Waals surface area contributed by atoms with E-state index in [-0.39, 0.29) is 5.91 Å². The van der Waals surface area contributed by atoms with Gasteiger partial charge >= 0.3 is 5.97 Å². The van der Waals surface area contributed by atoms with Crippen molar-refractivity contribution in [1.29, 1.82) is 0 Å². The van der Waals surface area contributed by atoms with E-state index >= 15 is 0 Å².